The highest BCUT2D eigenvalue weighted by Gasteiger charge is 2.36. The van der Waals surface area contributed by atoms with Crippen LogP contribution in [0.4, 0.5) is 0 Å². The molecule has 0 bridgehead atoms. The van der Waals surface area contributed by atoms with Crippen LogP contribution in [0.25, 0.3) is 0 Å². The molecule has 0 spiro atoms. The van der Waals surface area contributed by atoms with Gasteiger partial charge in [0.2, 0.25) is 0 Å². The van der Waals surface area contributed by atoms with E-state index in [9.17, 15) is 0 Å². The quantitative estimate of drug-likeness (QED) is 0.555. The Morgan fingerprint density at radius 1 is 1.17 bits per heavy atom. The van der Waals surface area contributed by atoms with Crippen molar-refractivity contribution in [3.63, 3.8) is 0 Å². The molecule has 0 radical (unpaired) electrons. The van der Waals surface area contributed by atoms with E-state index in [0.29, 0.717) is 24.1 Å². The van der Waals surface area contributed by atoms with Crippen molar-refractivity contribution in [1.82, 2.24) is 14.7 Å². The molecule has 30 heavy (non-hydrogen) atoms. The van der Waals surface area contributed by atoms with Crippen molar-refractivity contribution >= 4 is 27.7 Å². The van der Waals surface area contributed by atoms with E-state index in [-0.39, 0.29) is 0 Å². The fraction of sp³-hybridized carbons (Fsp3) is 0.625. The van der Waals surface area contributed by atoms with Gasteiger partial charge in [0.15, 0.2) is 0 Å². The van der Waals surface area contributed by atoms with Crippen LogP contribution in [0.2, 0.25) is 0 Å². The number of benzene rings is 1. The molecule has 2 fully saturated rings. The van der Waals surface area contributed by atoms with Gasteiger partial charge >= 0.3 is 0 Å². The second kappa shape index (κ2) is 10.2. The lowest BCUT2D eigenvalue weighted by molar-refractivity contribution is -0.0750. The maximum Gasteiger partial charge on any atom is 0.0793 e. The molecule has 1 aromatic carbocycles. The maximum atomic E-state index is 6.27. The Labute approximate surface area is 193 Å². The van der Waals surface area contributed by atoms with Crippen LogP contribution < -0.4 is 0 Å². The Balaban J connectivity index is 1.43. The van der Waals surface area contributed by atoms with Gasteiger partial charge in [-0.3, -0.25) is 9.58 Å². The van der Waals surface area contributed by atoms with Gasteiger partial charge in [-0.15, -0.1) is 0 Å². The molecule has 2 heterocycles. The molecule has 6 heteroatoms. The summed E-state index contributed by atoms with van der Waals surface area (Å²) in [6, 6.07) is 12.2. The summed E-state index contributed by atoms with van der Waals surface area (Å²) in [5, 5.41) is 4.76. The highest BCUT2D eigenvalue weighted by atomic mass is 79.9. The van der Waals surface area contributed by atoms with Crippen molar-refractivity contribution < 1.29 is 4.74 Å². The number of aromatic nitrogens is 2. The summed E-state index contributed by atoms with van der Waals surface area (Å²) in [4.78, 5) is 2.80. The van der Waals surface area contributed by atoms with E-state index in [2.05, 4.69) is 71.4 Å². The summed E-state index contributed by atoms with van der Waals surface area (Å²) in [5.41, 5.74) is 3.95. The van der Waals surface area contributed by atoms with E-state index < -0.39 is 0 Å². The predicted molar refractivity (Wildman–Crippen MR) is 129 cm³/mol. The Bertz CT molecular complexity index is 797. The van der Waals surface area contributed by atoms with Gasteiger partial charge < -0.3 is 4.74 Å². The molecule has 1 saturated heterocycles. The number of aryl methyl sites for hydroxylation is 2. The third kappa shape index (κ3) is 5.32. The van der Waals surface area contributed by atoms with Crippen LogP contribution in [0.1, 0.15) is 48.6 Å². The molecule has 2 atom stereocenters. The van der Waals surface area contributed by atoms with E-state index in [0.717, 1.165) is 29.8 Å². The van der Waals surface area contributed by atoms with Crippen LogP contribution in [0.5, 0.6) is 0 Å². The zero-order valence-electron chi connectivity index (χ0n) is 18.4. The van der Waals surface area contributed by atoms with E-state index >= 15 is 0 Å². The SMILES string of the molecule is CSCC1CN(C2CCC(c3cc(C)n(C)n3)CC2)C(Cc2ccc(Br)cc2)CO1. The first kappa shape index (κ1) is 22.4. The normalized spacial score (nSPS) is 28.0. The Kier molecular flexibility index (Phi) is 7.61. The smallest absolute Gasteiger partial charge is 0.0793 e. The third-order valence-corrected chi connectivity index (χ3v) is 8.10. The topological polar surface area (TPSA) is 30.3 Å². The monoisotopic (exact) mass is 491 g/mol. The van der Waals surface area contributed by atoms with E-state index in [1.165, 1.54) is 42.6 Å². The van der Waals surface area contributed by atoms with Gasteiger partial charge in [-0.1, -0.05) is 28.1 Å². The van der Waals surface area contributed by atoms with Crippen molar-refractivity contribution in [1.29, 1.82) is 0 Å². The maximum absolute atomic E-state index is 6.27. The van der Waals surface area contributed by atoms with Crippen LogP contribution in [0.15, 0.2) is 34.8 Å². The zero-order valence-corrected chi connectivity index (χ0v) is 20.8. The van der Waals surface area contributed by atoms with Gasteiger partial charge in [0, 0.05) is 47.5 Å². The number of ether oxygens (including phenoxy) is 1. The lowest BCUT2D eigenvalue weighted by Gasteiger charge is -2.46. The molecule has 164 valence electrons. The molecular weight excluding hydrogens is 458 g/mol. The second-order valence-electron chi connectivity index (χ2n) is 8.93. The highest BCUT2D eigenvalue weighted by molar-refractivity contribution is 9.10. The molecule has 2 unspecified atom stereocenters. The number of nitrogens with zero attached hydrogens (tertiary/aromatic N) is 3. The van der Waals surface area contributed by atoms with Crippen LogP contribution in [0, 0.1) is 6.92 Å². The average Bonchev–Trinajstić information content (AvgIpc) is 3.09. The molecule has 0 amide bonds. The van der Waals surface area contributed by atoms with Crippen LogP contribution in [-0.4, -0.2) is 58.0 Å². The van der Waals surface area contributed by atoms with Gasteiger partial charge in [0.05, 0.1) is 18.4 Å². The number of hydrogen-bond donors (Lipinski definition) is 0. The summed E-state index contributed by atoms with van der Waals surface area (Å²) < 4.78 is 9.43. The Hall–Kier alpha value is -0.820. The van der Waals surface area contributed by atoms with E-state index in [4.69, 9.17) is 9.84 Å². The van der Waals surface area contributed by atoms with Crippen LogP contribution in [0.3, 0.4) is 0 Å². The summed E-state index contributed by atoms with van der Waals surface area (Å²) in [6.45, 7) is 4.06. The fourth-order valence-electron chi connectivity index (χ4n) is 5.07. The van der Waals surface area contributed by atoms with E-state index in [1.54, 1.807) is 0 Å². The minimum Gasteiger partial charge on any atom is -0.374 e. The summed E-state index contributed by atoms with van der Waals surface area (Å²) >= 11 is 5.45. The predicted octanol–water partition coefficient (Wildman–Crippen LogP) is 5.19. The number of rotatable bonds is 6. The molecule has 1 saturated carbocycles. The lowest BCUT2D eigenvalue weighted by atomic mass is 9.82. The molecule has 2 aliphatic rings. The summed E-state index contributed by atoms with van der Waals surface area (Å²) in [5.74, 6) is 1.71. The molecule has 0 N–H and O–H groups in total. The molecular formula is C24H34BrN3OS. The minimum absolute atomic E-state index is 0.359. The van der Waals surface area contributed by atoms with Crippen LogP contribution >= 0.6 is 27.7 Å². The average molecular weight is 493 g/mol. The molecule has 4 rings (SSSR count). The van der Waals surface area contributed by atoms with E-state index in [1.807, 2.05) is 16.4 Å². The first-order valence-electron chi connectivity index (χ1n) is 11.1. The van der Waals surface area contributed by atoms with Crippen molar-refractivity contribution in [2.75, 3.05) is 25.2 Å². The van der Waals surface area contributed by atoms with Crippen molar-refractivity contribution in [3.05, 3.63) is 51.8 Å². The van der Waals surface area contributed by atoms with Gasteiger partial charge in [-0.05, 0) is 69.0 Å². The zero-order chi connectivity index (χ0) is 21.1. The Morgan fingerprint density at radius 3 is 2.53 bits per heavy atom. The first-order valence-corrected chi connectivity index (χ1v) is 13.3. The summed E-state index contributed by atoms with van der Waals surface area (Å²) in [7, 11) is 2.05. The largest absolute Gasteiger partial charge is 0.374 e. The lowest BCUT2D eigenvalue weighted by Crippen LogP contribution is -2.56. The number of thioether (sulfide) groups is 1. The van der Waals surface area contributed by atoms with Gasteiger partial charge in [-0.25, -0.2) is 0 Å². The van der Waals surface area contributed by atoms with Crippen LogP contribution in [-0.2, 0) is 18.2 Å². The molecule has 1 aromatic heterocycles. The number of halogens is 1. The minimum atomic E-state index is 0.359. The fourth-order valence-corrected chi connectivity index (χ4v) is 5.91. The third-order valence-electron chi connectivity index (χ3n) is 6.86. The molecule has 4 nitrogen and oxygen atoms in total. The Morgan fingerprint density at radius 2 is 1.90 bits per heavy atom. The number of morpholine rings is 1. The number of hydrogen-bond acceptors (Lipinski definition) is 4. The molecule has 1 aliphatic heterocycles. The van der Waals surface area contributed by atoms with Gasteiger partial charge in [0.1, 0.15) is 0 Å². The summed E-state index contributed by atoms with van der Waals surface area (Å²) in [6.07, 6.45) is 8.64. The molecule has 2 aromatic rings. The van der Waals surface area contributed by atoms with Crippen molar-refractivity contribution in [2.45, 2.75) is 63.1 Å². The highest BCUT2D eigenvalue weighted by Crippen LogP contribution is 2.36. The first-order chi connectivity index (χ1) is 14.5. The molecule has 1 aliphatic carbocycles. The van der Waals surface area contributed by atoms with Crippen molar-refractivity contribution in [2.24, 2.45) is 7.05 Å². The van der Waals surface area contributed by atoms with Crippen molar-refractivity contribution in [3.8, 4) is 0 Å². The van der Waals surface area contributed by atoms with Gasteiger partial charge in [0.25, 0.3) is 0 Å². The standard InChI is InChI=1S/C24H34BrN3OS/c1-17-12-24(26-27(17)2)19-6-10-21(11-7-19)28-14-23(16-30-3)29-15-22(28)13-18-4-8-20(25)9-5-18/h4-5,8-9,12,19,21-23H,6-7,10-11,13-16H2,1-3H3. The second-order valence-corrected chi connectivity index (χ2v) is 10.8. The van der Waals surface area contributed by atoms with Gasteiger partial charge in [-0.2, -0.15) is 16.9 Å².